The van der Waals surface area contributed by atoms with Gasteiger partial charge in [0.15, 0.2) is 0 Å². The predicted molar refractivity (Wildman–Crippen MR) is 110 cm³/mol. The largest absolute Gasteiger partial charge is 0.492 e. The summed E-state index contributed by atoms with van der Waals surface area (Å²) in [7, 11) is -3.77. The van der Waals surface area contributed by atoms with Crippen LogP contribution in [-0.2, 0) is 10.0 Å². The summed E-state index contributed by atoms with van der Waals surface area (Å²) in [5.41, 5.74) is 0.543. The Morgan fingerprint density at radius 2 is 1.85 bits per heavy atom. The molecule has 2 rings (SSSR count). The number of benzene rings is 1. The molecule has 148 valence electrons. The highest BCUT2D eigenvalue weighted by Gasteiger charge is 2.26. The zero-order valence-electron chi connectivity index (χ0n) is 15.1. The van der Waals surface area contributed by atoms with Crippen molar-refractivity contribution in [1.82, 2.24) is 4.31 Å². The topological polar surface area (TPSA) is 75.7 Å². The van der Waals surface area contributed by atoms with Gasteiger partial charge in [0.25, 0.3) is 5.91 Å². The van der Waals surface area contributed by atoms with Crippen molar-refractivity contribution in [3.05, 3.63) is 38.5 Å². The van der Waals surface area contributed by atoms with Crippen molar-refractivity contribution < 1.29 is 17.9 Å². The highest BCUT2D eigenvalue weighted by molar-refractivity contribution is 7.89. The van der Waals surface area contributed by atoms with Crippen LogP contribution in [0, 0.1) is 0 Å². The predicted octanol–water partition coefficient (Wildman–Crippen LogP) is 4.74. The fourth-order valence-corrected chi connectivity index (χ4v) is 5.53. The Bertz CT molecular complexity index is 925. The van der Waals surface area contributed by atoms with Gasteiger partial charge in [-0.25, -0.2) is 8.42 Å². The van der Waals surface area contributed by atoms with E-state index in [9.17, 15) is 13.2 Å². The zero-order valence-corrected chi connectivity index (χ0v) is 18.2. The molecule has 0 unspecified atom stereocenters. The van der Waals surface area contributed by atoms with Gasteiger partial charge in [-0.2, -0.15) is 4.31 Å². The van der Waals surface area contributed by atoms with Crippen molar-refractivity contribution in [2.24, 2.45) is 0 Å². The lowest BCUT2D eigenvalue weighted by molar-refractivity contribution is 0.102. The molecule has 6 nitrogen and oxygen atoms in total. The van der Waals surface area contributed by atoms with E-state index in [1.807, 2.05) is 0 Å². The molecule has 1 aromatic carbocycles. The summed E-state index contributed by atoms with van der Waals surface area (Å²) in [5.74, 6) is -0.238. The number of amides is 1. The van der Waals surface area contributed by atoms with E-state index >= 15 is 0 Å². The fraction of sp³-hybridized carbons (Fsp3) is 0.353. The van der Waals surface area contributed by atoms with Crippen molar-refractivity contribution in [2.75, 3.05) is 25.0 Å². The molecule has 0 aliphatic heterocycles. The van der Waals surface area contributed by atoms with Crippen LogP contribution < -0.4 is 10.1 Å². The van der Waals surface area contributed by atoms with Gasteiger partial charge in [-0.3, -0.25) is 4.79 Å². The van der Waals surface area contributed by atoms with Crippen LogP contribution in [-0.4, -0.2) is 38.3 Å². The molecule has 0 atom stereocenters. The van der Waals surface area contributed by atoms with E-state index in [1.165, 1.54) is 22.5 Å². The van der Waals surface area contributed by atoms with Crippen LogP contribution in [0.5, 0.6) is 5.75 Å². The van der Waals surface area contributed by atoms with Crippen LogP contribution in [0.2, 0.25) is 8.67 Å². The molecule has 0 fully saturated rings. The number of rotatable bonds is 8. The minimum atomic E-state index is -3.77. The Kier molecular flexibility index (Phi) is 7.53. The molecule has 0 radical (unpaired) electrons. The molecular formula is C17H20Cl2N2O4S2. The second kappa shape index (κ2) is 9.25. The first kappa shape index (κ1) is 22.0. The Balaban J connectivity index is 2.42. The van der Waals surface area contributed by atoms with Gasteiger partial charge in [0.1, 0.15) is 15.0 Å². The number of anilines is 1. The molecule has 10 heteroatoms. The number of carbonyl (C=O) groups excluding carboxylic acids is 1. The van der Waals surface area contributed by atoms with Crippen LogP contribution in [0.25, 0.3) is 0 Å². The summed E-state index contributed by atoms with van der Waals surface area (Å²) < 4.78 is 33.4. The molecule has 0 aliphatic carbocycles. The molecule has 0 saturated carbocycles. The maximum atomic E-state index is 13.0. The van der Waals surface area contributed by atoms with E-state index < -0.39 is 15.9 Å². The van der Waals surface area contributed by atoms with Crippen LogP contribution in [0.4, 0.5) is 5.69 Å². The van der Waals surface area contributed by atoms with Gasteiger partial charge < -0.3 is 10.1 Å². The molecule has 1 heterocycles. The average Bonchev–Trinajstić information content (AvgIpc) is 2.95. The first-order chi connectivity index (χ1) is 12.7. The summed E-state index contributed by atoms with van der Waals surface area (Å²) in [6, 6.07) is 5.95. The SMILES string of the molecule is CCOc1ccc(NC(=O)c2cc(Cl)sc2Cl)cc1S(=O)(=O)N(CC)CC. The maximum Gasteiger partial charge on any atom is 0.258 e. The molecule has 1 aromatic heterocycles. The number of nitrogens with one attached hydrogen (secondary N) is 1. The molecule has 1 amide bonds. The number of halogens is 2. The average molecular weight is 451 g/mol. The Morgan fingerprint density at radius 3 is 2.37 bits per heavy atom. The Morgan fingerprint density at radius 1 is 1.19 bits per heavy atom. The van der Waals surface area contributed by atoms with Crippen molar-refractivity contribution in [3.63, 3.8) is 0 Å². The first-order valence-electron chi connectivity index (χ1n) is 8.27. The van der Waals surface area contributed by atoms with Crippen molar-refractivity contribution in [1.29, 1.82) is 0 Å². The molecule has 1 N–H and O–H groups in total. The van der Waals surface area contributed by atoms with Crippen molar-refractivity contribution in [2.45, 2.75) is 25.7 Å². The molecule has 0 spiro atoms. The second-order valence-corrected chi connectivity index (χ2v) is 9.57. The van der Waals surface area contributed by atoms with Gasteiger partial charge in [-0.1, -0.05) is 37.0 Å². The Labute approximate surface area is 173 Å². The van der Waals surface area contributed by atoms with Crippen molar-refractivity contribution in [3.8, 4) is 5.75 Å². The van der Waals surface area contributed by atoms with E-state index in [2.05, 4.69) is 5.32 Å². The lowest BCUT2D eigenvalue weighted by atomic mass is 10.2. The van der Waals surface area contributed by atoms with Gasteiger partial charge in [-0.15, -0.1) is 11.3 Å². The van der Waals surface area contributed by atoms with Gasteiger partial charge in [-0.05, 0) is 31.2 Å². The second-order valence-electron chi connectivity index (χ2n) is 5.38. The molecule has 2 aromatic rings. The van der Waals surface area contributed by atoms with Gasteiger partial charge >= 0.3 is 0 Å². The van der Waals surface area contributed by atoms with E-state index in [0.717, 1.165) is 11.3 Å². The number of carbonyl (C=O) groups is 1. The van der Waals surface area contributed by atoms with Gasteiger partial charge in [0.2, 0.25) is 10.0 Å². The van der Waals surface area contributed by atoms with E-state index in [4.69, 9.17) is 27.9 Å². The lowest BCUT2D eigenvalue weighted by Gasteiger charge is -2.21. The van der Waals surface area contributed by atoms with Crippen LogP contribution in [0.3, 0.4) is 0 Å². The summed E-state index contributed by atoms with van der Waals surface area (Å²) in [5, 5.41) is 2.66. The number of hydrogen-bond donors (Lipinski definition) is 1. The summed E-state index contributed by atoms with van der Waals surface area (Å²) in [6.07, 6.45) is 0. The number of sulfonamides is 1. The molecule has 0 bridgehead atoms. The lowest BCUT2D eigenvalue weighted by Crippen LogP contribution is -2.31. The Hall–Kier alpha value is -1.32. The molecule has 0 aliphatic rings. The van der Waals surface area contributed by atoms with Crippen LogP contribution >= 0.6 is 34.5 Å². The van der Waals surface area contributed by atoms with E-state index in [0.29, 0.717) is 29.7 Å². The van der Waals surface area contributed by atoms with Gasteiger partial charge in [0, 0.05) is 18.8 Å². The molecule has 0 saturated heterocycles. The third-order valence-corrected chi connectivity index (χ3v) is 7.28. The summed E-state index contributed by atoms with van der Waals surface area (Å²) in [4.78, 5) is 12.4. The highest BCUT2D eigenvalue weighted by Crippen LogP contribution is 2.33. The van der Waals surface area contributed by atoms with E-state index in [-0.39, 0.29) is 20.5 Å². The monoisotopic (exact) mass is 450 g/mol. The number of nitrogens with zero attached hydrogens (tertiary/aromatic N) is 1. The summed E-state index contributed by atoms with van der Waals surface area (Å²) in [6.45, 7) is 6.25. The van der Waals surface area contributed by atoms with Gasteiger partial charge in [0.05, 0.1) is 16.5 Å². The molecular weight excluding hydrogens is 431 g/mol. The molecule has 27 heavy (non-hydrogen) atoms. The zero-order chi connectivity index (χ0) is 20.2. The van der Waals surface area contributed by atoms with Crippen LogP contribution in [0.1, 0.15) is 31.1 Å². The number of thiophene rings is 1. The minimum absolute atomic E-state index is 0.000276. The van der Waals surface area contributed by atoms with Crippen molar-refractivity contribution >= 4 is 56.2 Å². The third kappa shape index (κ3) is 4.94. The van der Waals surface area contributed by atoms with Crippen LogP contribution in [0.15, 0.2) is 29.2 Å². The summed E-state index contributed by atoms with van der Waals surface area (Å²) >= 11 is 13.0. The third-order valence-electron chi connectivity index (χ3n) is 3.73. The standard InChI is InChI=1S/C17H20Cl2N2O4S2/c1-4-21(5-2)27(23,24)14-9-11(7-8-13(14)25-6-3)20-17(22)12-10-15(18)26-16(12)19/h7-10H,4-6H2,1-3H3,(H,20,22). The maximum absolute atomic E-state index is 13.0. The quantitative estimate of drug-likeness (QED) is 0.629. The minimum Gasteiger partial charge on any atom is -0.492 e. The fourth-order valence-electron chi connectivity index (χ4n) is 2.46. The first-order valence-corrected chi connectivity index (χ1v) is 11.3. The normalized spacial score (nSPS) is 11.6. The number of ether oxygens (including phenoxy) is 1. The smallest absolute Gasteiger partial charge is 0.258 e. The van der Waals surface area contributed by atoms with E-state index in [1.54, 1.807) is 26.8 Å². The number of hydrogen-bond acceptors (Lipinski definition) is 5. The highest BCUT2D eigenvalue weighted by atomic mass is 35.5.